The molecule has 1 heterocycles. The lowest BCUT2D eigenvalue weighted by atomic mass is 10.3. The van der Waals surface area contributed by atoms with Gasteiger partial charge < -0.3 is 10.1 Å². The molecule has 0 bridgehead atoms. The highest BCUT2D eigenvalue weighted by molar-refractivity contribution is 9.10. The largest absolute Gasteiger partial charge is 0.495 e. The van der Waals surface area contributed by atoms with Crippen LogP contribution in [0.1, 0.15) is 6.42 Å². The second-order valence-corrected chi connectivity index (χ2v) is 7.59. The third kappa shape index (κ3) is 4.24. The molecule has 1 aliphatic heterocycles. The zero-order valence-corrected chi connectivity index (χ0v) is 15.4. The Morgan fingerprint density at radius 3 is 2.71 bits per heavy atom. The summed E-state index contributed by atoms with van der Waals surface area (Å²) in [6.45, 7) is 2.45. The average Bonchev–Trinajstić information content (AvgIpc) is 2.70. The molecule has 0 aromatic heterocycles. The molecule has 0 unspecified atom stereocenters. The minimum Gasteiger partial charge on any atom is -0.495 e. The van der Waals surface area contributed by atoms with Crippen LogP contribution in [-0.4, -0.2) is 46.0 Å². The van der Waals surface area contributed by atoms with Crippen molar-refractivity contribution in [1.29, 1.82) is 0 Å². The van der Waals surface area contributed by atoms with Gasteiger partial charge in [0.05, 0.1) is 17.0 Å². The topological polar surface area (TPSA) is 58.6 Å². The molecule has 0 spiro atoms. The first kappa shape index (κ1) is 19.0. The summed E-state index contributed by atoms with van der Waals surface area (Å²) in [6, 6.07) is 3.00. The molecular weight excluding hydrogens is 403 g/mol. The van der Waals surface area contributed by atoms with Crippen LogP contribution < -0.4 is 10.1 Å². The molecule has 9 heteroatoms. The highest BCUT2D eigenvalue weighted by Gasteiger charge is 2.28. The Balaban J connectivity index is 0.00000220. The van der Waals surface area contributed by atoms with Gasteiger partial charge in [0.15, 0.2) is 0 Å². The number of halogens is 3. The van der Waals surface area contributed by atoms with E-state index in [1.165, 1.54) is 17.5 Å². The van der Waals surface area contributed by atoms with Gasteiger partial charge in [0.25, 0.3) is 0 Å². The Kier molecular flexibility index (Phi) is 7.23. The van der Waals surface area contributed by atoms with Crippen LogP contribution in [0.4, 0.5) is 0 Å². The maximum atomic E-state index is 12.7. The first-order valence-corrected chi connectivity index (χ1v) is 8.82. The molecule has 0 aliphatic carbocycles. The number of ether oxygens (including phenoxy) is 1. The van der Waals surface area contributed by atoms with Gasteiger partial charge in [-0.2, -0.15) is 4.31 Å². The van der Waals surface area contributed by atoms with Crippen molar-refractivity contribution in [2.45, 2.75) is 11.3 Å². The molecule has 1 aromatic rings. The fraction of sp³-hybridized carbons (Fsp3) is 0.500. The van der Waals surface area contributed by atoms with Crippen molar-refractivity contribution in [3.05, 3.63) is 21.6 Å². The van der Waals surface area contributed by atoms with Crippen LogP contribution in [0.15, 0.2) is 21.5 Å². The fourth-order valence-corrected chi connectivity index (χ4v) is 4.86. The molecule has 0 radical (unpaired) electrons. The van der Waals surface area contributed by atoms with Crippen molar-refractivity contribution >= 4 is 50.0 Å². The normalized spacial score (nSPS) is 16.9. The number of rotatable bonds is 3. The second kappa shape index (κ2) is 7.99. The number of methoxy groups -OCH3 is 1. The van der Waals surface area contributed by atoms with Gasteiger partial charge in [-0.05, 0) is 41.0 Å². The number of benzene rings is 1. The maximum absolute atomic E-state index is 12.7. The summed E-state index contributed by atoms with van der Waals surface area (Å²) in [7, 11) is -2.07. The van der Waals surface area contributed by atoms with Crippen molar-refractivity contribution in [2.24, 2.45) is 0 Å². The van der Waals surface area contributed by atoms with Crippen LogP contribution in [0.2, 0.25) is 5.02 Å². The highest BCUT2D eigenvalue weighted by atomic mass is 79.9. The lowest BCUT2D eigenvalue weighted by Gasteiger charge is -2.21. The van der Waals surface area contributed by atoms with Gasteiger partial charge in [0, 0.05) is 24.1 Å². The highest BCUT2D eigenvalue weighted by Crippen LogP contribution is 2.34. The van der Waals surface area contributed by atoms with E-state index >= 15 is 0 Å². The summed E-state index contributed by atoms with van der Waals surface area (Å²) >= 11 is 9.32. The summed E-state index contributed by atoms with van der Waals surface area (Å²) in [5.74, 6) is 0.440. The van der Waals surface area contributed by atoms with Crippen LogP contribution >= 0.6 is 39.9 Å². The average molecular weight is 420 g/mol. The minimum atomic E-state index is -3.56. The lowest BCUT2D eigenvalue weighted by Crippen LogP contribution is -2.34. The summed E-state index contributed by atoms with van der Waals surface area (Å²) in [5, 5.41) is 3.46. The van der Waals surface area contributed by atoms with E-state index in [1.54, 1.807) is 6.07 Å². The van der Waals surface area contributed by atoms with Gasteiger partial charge in [-0.15, -0.1) is 12.4 Å². The molecule has 1 saturated heterocycles. The molecule has 0 saturated carbocycles. The van der Waals surface area contributed by atoms with Gasteiger partial charge in [-0.1, -0.05) is 11.6 Å². The van der Waals surface area contributed by atoms with Crippen molar-refractivity contribution in [3.63, 3.8) is 0 Å². The Morgan fingerprint density at radius 1 is 1.33 bits per heavy atom. The van der Waals surface area contributed by atoms with Crippen molar-refractivity contribution in [3.8, 4) is 5.75 Å². The number of hydrogen-bond acceptors (Lipinski definition) is 4. The quantitative estimate of drug-likeness (QED) is 0.817. The van der Waals surface area contributed by atoms with Gasteiger partial charge >= 0.3 is 0 Å². The summed E-state index contributed by atoms with van der Waals surface area (Å²) in [5.41, 5.74) is 0. The molecule has 120 valence electrons. The van der Waals surface area contributed by atoms with Crippen LogP contribution in [0.5, 0.6) is 5.75 Å². The Bertz CT molecular complexity index is 590. The van der Waals surface area contributed by atoms with Gasteiger partial charge in [-0.3, -0.25) is 0 Å². The number of nitrogens with one attached hydrogen (secondary N) is 1. The van der Waals surface area contributed by atoms with Gasteiger partial charge in [0.2, 0.25) is 10.0 Å². The Morgan fingerprint density at radius 2 is 2.05 bits per heavy atom. The van der Waals surface area contributed by atoms with Gasteiger partial charge in [-0.25, -0.2) is 8.42 Å². The fourth-order valence-electron chi connectivity index (χ4n) is 2.06. The van der Waals surface area contributed by atoms with Crippen LogP contribution in [-0.2, 0) is 10.0 Å². The number of sulfonamides is 1. The Labute approximate surface area is 144 Å². The van der Waals surface area contributed by atoms with Crippen molar-refractivity contribution in [1.82, 2.24) is 9.62 Å². The first-order chi connectivity index (χ1) is 9.46. The van der Waals surface area contributed by atoms with E-state index in [-0.39, 0.29) is 22.3 Å². The Hall–Kier alpha value is -0.0500. The van der Waals surface area contributed by atoms with E-state index in [9.17, 15) is 8.42 Å². The van der Waals surface area contributed by atoms with Gasteiger partial charge in [0.1, 0.15) is 5.75 Å². The molecule has 1 aromatic carbocycles. The molecule has 2 rings (SSSR count). The summed E-state index contributed by atoms with van der Waals surface area (Å²) < 4.78 is 32.4. The lowest BCUT2D eigenvalue weighted by molar-refractivity contribution is 0.413. The van der Waals surface area contributed by atoms with Crippen LogP contribution in [0.3, 0.4) is 0 Å². The standard InChI is InChI=1S/C12H16BrClN2O3S.ClH/c1-19-11-7-9(13)12(8-10(11)14)20(17,18)16-5-2-3-15-4-6-16;/h7-8,15H,2-6H2,1H3;1H. The van der Waals surface area contributed by atoms with Crippen molar-refractivity contribution < 1.29 is 13.2 Å². The molecule has 1 aliphatic rings. The molecular formula is C12H17BrCl2N2O3S. The zero-order valence-electron chi connectivity index (χ0n) is 11.4. The molecule has 0 amide bonds. The minimum absolute atomic E-state index is 0. The van der Waals surface area contributed by atoms with Crippen LogP contribution in [0.25, 0.3) is 0 Å². The third-order valence-corrected chi connectivity index (χ3v) is 6.28. The van der Waals surface area contributed by atoms with Crippen molar-refractivity contribution in [2.75, 3.05) is 33.3 Å². The molecule has 5 nitrogen and oxygen atoms in total. The number of hydrogen-bond donors (Lipinski definition) is 1. The molecule has 1 fully saturated rings. The van der Waals surface area contributed by atoms with E-state index in [2.05, 4.69) is 21.2 Å². The molecule has 21 heavy (non-hydrogen) atoms. The predicted molar refractivity (Wildman–Crippen MR) is 89.2 cm³/mol. The molecule has 1 N–H and O–H groups in total. The van der Waals surface area contributed by atoms with E-state index in [0.717, 1.165) is 13.0 Å². The van der Waals surface area contributed by atoms with E-state index in [4.69, 9.17) is 16.3 Å². The summed E-state index contributed by atoms with van der Waals surface area (Å²) in [4.78, 5) is 0.171. The van der Waals surface area contributed by atoms with E-state index in [0.29, 0.717) is 29.9 Å². The maximum Gasteiger partial charge on any atom is 0.244 e. The van der Waals surface area contributed by atoms with E-state index in [1.807, 2.05) is 0 Å². The third-order valence-electron chi connectivity index (χ3n) is 3.12. The van der Waals surface area contributed by atoms with Crippen LogP contribution in [0, 0.1) is 0 Å². The number of nitrogens with zero attached hydrogens (tertiary/aromatic N) is 1. The SMILES string of the molecule is COc1cc(Br)c(S(=O)(=O)N2CCCNCC2)cc1Cl.Cl. The smallest absolute Gasteiger partial charge is 0.244 e. The predicted octanol–water partition coefficient (Wildman–Crippen LogP) is 2.52. The first-order valence-electron chi connectivity index (χ1n) is 6.20. The monoisotopic (exact) mass is 418 g/mol. The zero-order chi connectivity index (χ0) is 14.8. The summed E-state index contributed by atoms with van der Waals surface area (Å²) in [6.07, 6.45) is 0.792. The molecule has 0 atom stereocenters. The second-order valence-electron chi connectivity index (χ2n) is 4.42. The van der Waals surface area contributed by atoms with E-state index < -0.39 is 10.0 Å².